The van der Waals surface area contributed by atoms with Crippen LogP contribution in [0, 0.1) is 11.3 Å². The molecule has 2 aromatic carbocycles. The number of anilines is 1. The quantitative estimate of drug-likeness (QED) is 0.366. The molecule has 5 rings (SSSR count). The maximum absolute atomic E-state index is 12.7. The summed E-state index contributed by atoms with van der Waals surface area (Å²) in [5.74, 6) is 0.462. The summed E-state index contributed by atoms with van der Waals surface area (Å²) in [6.07, 6.45) is 3.89. The van der Waals surface area contributed by atoms with Crippen molar-refractivity contribution < 1.29 is 6.22 Å². The van der Waals surface area contributed by atoms with Gasteiger partial charge in [-0.05, 0) is 73.5 Å². The summed E-state index contributed by atoms with van der Waals surface area (Å²) in [6, 6.07) is 17.5. The summed E-state index contributed by atoms with van der Waals surface area (Å²) in [7, 11) is 0. The van der Waals surface area contributed by atoms with Crippen LogP contribution in [0.3, 0.4) is 0 Å². The summed E-state index contributed by atoms with van der Waals surface area (Å²) < 4.78 is 0. The van der Waals surface area contributed by atoms with E-state index in [1.807, 2.05) is 12.1 Å². The third kappa shape index (κ3) is 7.25. The number of aromatic nitrogens is 1. The molecule has 1 amide bonds. The summed E-state index contributed by atoms with van der Waals surface area (Å²) in [6.45, 7) is 7.00. The predicted octanol–water partition coefficient (Wildman–Crippen LogP) is 5.88. The first-order chi connectivity index (χ1) is 19.4. The van der Waals surface area contributed by atoms with E-state index in [4.69, 9.17) is 40.1 Å². The first kappa shape index (κ1) is 28.7. The lowest BCUT2D eigenvalue weighted by molar-refractivity contribution is 0.0950. The molecule has 2 fully saturated rings. The van der Waals surface area contributed by atoms with Crippen LogP contribution >= 0.6 is 34.8 Å². The molecule has 0 aliphatic carbocycles. The fraction of sp³-hybridized carbons (Fsp3) is 0.367. The Bertz CT molecular complexity index is 1360. The number of hydrogen-bond acceptors (Lipinski definition) is 6. The Balaban J connectivity index is 0.00000387. The molecule has 1 aromatic heterocycles. The molecule has 3 aromatic rings. The molecule has 1 N–H and O–H groups in total. The van der Waals surface area contributed by atoms with Gasteiger partial charge in [-0.25, -0.2) is 4.98 Å². The third-order valence-electron chi connectivity index (χ3n) is 7.64. The van der Waals surface area contributed by atoms with Crippen molar-refractivity contribution in [3.63, 3.8) is 0 Å². The Labute approximate surface area is 251 Å². The van der Waals surface area contributed by atoms with Crippen LogP contribution in [0.5, 0.6) is 0 Å². The van der Waals surface area contributed by atoms with E-state index < -0.39 is 0 Å². The van der Waals surface area contributed by atoms with E-state index in [0.29, 0.717) is 38.8 Å². The van der Waals surface area contributed by atoms with Gasteiger partial charge >= 0.3 is 0 Å². The number of nitrogens with zero attached hydrogens (tertiary/aromatic N) is 5. The van der Waals surface area contributed by atoms with Crippen LogP contribution in [-0.2, 0) is 13.1 Å². The van der Waals surface area contributed by atoms with Crippen LogP contribution in [-0.4, -0.2) is 66.0 Å². The van der Waals surface area contributed by atoms with Gasteiger partial charge in [-0.1, -0.05) is 46.9 Å². The third-order valence-corrected chi connectivity index (χ3v) is 8.35. The number of benzene rings is 2. The Morgan fingerprint density at radius 1 is 0.950 bits per heavy atom. The number of likely N-dealkylation sites (tertiary alicyclic amines) is 1. The highest BCUT2D eigenvalue weighted by atomic mass is 35.5. The van der Waals surface area contributed by atoms with E-state index in [0.717, 1.165) is 70.0 Å². The number of nitrogens with one attached hydrogen (secondary N) is 1. The molecule has 2 aliphatic rings. The minimum absolute atomic E-state index is 0. The Morgan fingerprint density at radius 2 is 1.62 bits per heavy atom. The second-order valence-electron chi connectivity index (χ2n) is 10.3. The molecule has 0 atom stereocenters. The molecule has 7 nitrogen and oxygen atoms in total. The number of pyridine rings is 1. The average molecular weight is 600 g/mol. The van der Waals surface area contributed by atoms with Crippen molar-refractivity contribution in [3.8, 4) is 6.07 Å². The molecular weight excluding hydrogens is 567 g/mol. The standard InChI is InChI=1S/C30H31Cl3N6O.H2/c31-25-13-23(14-26(32)16-25)18-36-30(40)24-15-28(33)29(35-19-24)39-11-9-38(10-12-39)27-5-7-37(8-6-27)20-22-3-1-21(17-34)2-4-22;/h1-4,13-16,19,27H,5-12,18,20H2,(H,36,40);1H. The van der Waals surface area contributed by atoms with E-state index in [-0.39, 0.29) is 7.33 Å². The van der Waals surface area contributed by atoms with E-state index in [2.05, 4.69) is 43.2 Å². The summed E-state index contributed by atoms with van der Waals surface area (Å²) in [5.41, 5.74) is 3.19. The van der Waals surface area contributed by atoms with Gasteiger partial charge in [0.1, 0.15) is 5.82 Å². The molecule has 10 heteroatoms. The Hall–Kier alpha value is -2.86. The fourth-order valence-electron chi connectivity index (χ4n) is 5.47. The molecule has 0 unspecified atom stereocenters. The van der Waals surface area contributed by atoms with Crippen LogP contribution in [0.4, 0.5) is 5.82 Å². The van der Waals surface area contributed by atoms with Crippen LogP contribution < -0.4 is 10.2 Å². The first-order valence-electron chi connectivity index (χ1n) is 13.5. The van der Waals surface area contributed by atoms with Gasteiger partial charge in [0.25, 0.3) is 5.91 Å². The summed E-state index contributed by atoms with van der Waals surface area (Å²) >= 11 is 18.7. The van der Waals surface area contributed by atoms with Crippen molar-refractivity contribution in [1.82, 2.24) is 20.1 Å². The zero-order valence-electron chi connectivity index (χ0n) is 22.1. The molecule has 210 valence electrons. The van der Waals surface area contributed by atoms with E-state index in [1.165, 1.54) is 5.56 Å². The lowest BCUT2D eigenvalue weighted by atomic mass is 10.0. The van der Waals surface area contributed by atoms with Crippen molar-refractivity contribution in [2.75, 3.05) is 44.2 Å². The molecule has 2 aliphatic heterocycles. The number of piperazine rings is 1. The fourth-order valence-corrected chi connectivity index (χ4v) is 6.33. The van der Waals surface area contributed by atoms with Gasteiger partial charge in [0.05, 0.1) is 22.2 Å². The maximum Gasteiger partial charge on any atom is 0.253 e. The molecule has 0 radical (unpaired) electrons. The monoisotopic (exact) mass is 598 g/mol. The summed E-state index contributed by atoms with van der Waals surface area (Å²) in [5, 5.41) is 13.4. The zero-order valence-corrected chi connectivity index (χ0v) is 24.4. The van der Waals surface area contributed by atoms with Gasteiger partial charge < -0.3 is 10.2 Å². The summed E-state index contributed by atoms with van der Waals surface area (Å²) in [4.78, 5) is 24.5. The molecule has 40 heavy (non-hydrogen) atoms. The van der Waals surface area contributed by atoms with Gasteiger partial charge in [0.2, 0.25) is 0 Å². The smallest absolute Gasteiger partial charge is 0.253 e. The van der Waals surface area contributed by atoms with E-state index in [1.54, 1.807) is 30.5 Å². The lowest BCUT2D eigenvalue weighted by Gasteiger charge is -2.43. The van der Waals surface area contributed by atoms with Crippen molar-refractivity contribution in [2.45, 2.75) is 32.0 Å². The second kappa shape index (κ2) is 13.2. The van der Waals surface area contributed by atoms with Crippen molar-refractivity contribution >= 4 is 46.5 Å². The van der Waals surface area contributed by atoms with Gasteiger partial charge in [-0.15, -0.1) is 0 Å². The number of carbonyl (C=O) groups excluding carboxylic acids is 1. The highest BCUT2D eigenvalue weighted by Gasteiger charge is 2.28. The number of halogens is 3. The minimum Gasteiger partial charge on any atom is -0.353 e. The van der Waals surface area contributed by atoms with Crippen molar-refractivity contribution in [2.24, 2.45) is 0 Å². The zero-order chi connectivity index (χ0) is 28.1. The molecule has 3 heterocycles. The number of hydrogen-bond donors (Lipinski definition) is 1. The lowest BCUT2D eigenvalue weighted by Crippen LogP contribution is -2.53. The van der Waals surface area contributed by atoms with Gasteiger partial charge in [0, 0.05) is 63.0 Å². The number of rotatable bonds is 7. The normalized spacial score (nSPS) is 17.0. The minimum atomic E-state index is -0.257. The SMILES string of the molecule is N#Cc1ccc(CN2CCC(N3CCN(c4ncc(C(=O)NCc5cc(Cl)cc(Cl)c5)cc4Cl)CC3)CC2)cc1.[HH]. The second-order valence-corrected chi connectivity index (χ2v) is 11.6. The highest BCUT2D eigenvalue weighted by Crippen LogP contribution is 2.27. The van der Waals surface area contributed by atoms with Gasteiger partial charge in [-0.3, -0.25) is 14.6 Å². The highest BCUT2D eigenvalue weighted by molar-refractivity contribution is 6.34. The van der Waals surface area contributed by atoms with Crippen LogP contribution in [0.15, 0.2) is 54.7 Å². The van der Waals surface area contributed by atoms with E-state index >= 15 is 0 Å². The van der Waals surface area contributed by atoms with E-state index in [9.17, 15) is 4.79 Å². The number of piperidine rings is 1. The van der Waals surface area contributed by atoms with Gasteiger partial charge in [-0.2, -0.15) is 5.26 Å². The largest absolute Gasteiger partial charge is 0.353 e. The molecule has 0 saturated carbocycles. The molecule has 2 saturated heterocycles. The Morgan fingerprint density at radius 3 is 2.25 bits per heavy atom. The number of nitriles is 1. The van der Waals surface area contributed by atoms with Crippen LogP contribution in [0.25, 0.3) is 0 Å². The molecule has 0 spiro atoms. The topological polar surface area (TPSA) is 75.5 Å². The number of carbonyl (C=O) groups is 1. The van der Waals surface area contributed by atoms with Crippen LogP contribution in [0.2, 0.25) is 15.1 Å². The van der Waals surface area contributed by atoms with Crippen molar-refractivity contribution in [1.29, 1.82) is 5.26 Å². The maximum atomic E-state index is 12.7. The average Bonchev–Trinajstić information content (AvgIpc) is 2.96. The number of amides is 1. The molecular formula is C30H33Cl3N6O. The first-order valence-corrected chi connectivity index (χ1v) is 14.6. The van der Waals surface area contributed by atoms with Gasteiger partial charge in [0.15, 0.2) is 0 Å². The predicted molar refractivity (Wildman–Crippen MR) is 162 cm³/mol. The van der Waals surface area contributed by atoms with Crippen LogP contribution in [0.1, 0.15) is 41.3 Å². The van der Waals surface area contributed by atoms with Crippen molar-refractivity contribution in [3.05, 3.63) is 92.0 Å². The Kier molecular flexibility index (Phi) is 9.46. The molecule has 0 bridgehead atoms.